The Hall–Kier alpha value is -4.97. The van der Waals surface area contributed by atoms with E-state index in [-0.39, 0.29) is 22.6 Å². The van der Waals surface area contributed by atoms with Crippen LogP contribution in [0, 0.1) is 6.92 Å². The number of benzene rings is 3. The van der Waals surface area contributed by atoms with Crippen LogP contribution in [0.15, 0.2) is 93.3 Å². The number of nitrogens with one attached hydrogen (secondary N) is 5. The average Bonchev–Trinajstić information content (AvgIpc) is 2.85. The molecule has 0 fully saturated rings. The lowest BCUT2D eigenvalue weighted by Crippen LogP contribution is -2.25. The van der Waals surface area contributed by atoms with Crippen LogP contribution in [0.3, 0.4) is 0 Å². The molecule has 0 saturated heterocycles. The van der Waals surface area contributed by atoms with Crippen LogP contribution in [0.1, 0.15) is 21.6 Å². The van der Waals surface area contributed by atoms with E-state index in [0.717, 1.165) is 6.07 Å². The van der Waals surface area contributed by atoms with E-state index >= 15 is 0 Å². The number of carbonyl (C=O) groups is 2. The minimum Gasteiger partial charge on any atom is -0.325 e. The van der Waals surface area contributed by atoms with Gasteiger partial charge in [0, 0.05) is 34.4 Å². The highest BCUT2D eigenvalue weighted by molar-refractivity contribution is 7.92. The van der Waals surface area contributed by atoms with Crippen LogP contribution in [-0.4, -0.2) is 30.2 Å². The predicted octanol–water partition coefficient (Wildman–Crippen LogP) is 2.61. The van der Waals surface area contributed by atoms with Crippen LogP contribution in [0.25, 0.3) is 0 Å². The molecule has 0 bridgehead atoms. The van der Waals surface area contributed by atoms with Crippen molar-refractivity contribution in [3.05, 3.63) is 117 Å². The van der Waals surface area contributed by atoms with E-state index in [1.54, 1.807) is 49.4 Å². The molecule has 12 heteroatoms. The Morgan fingerprint density at radius 3 is 2.21 bits per heavy atom. The summed E-state index contributed by atoms with van der Waals surface area (Å²) in [6, 6.07) is 20.0. The van der Waals surface area contributed by atoms with Gasteiger partial charge in [-0.25, -0.2) is 13.2 Å². The Morgan fingerprint density at radius 1 is 0.816 bits per heavy atom. The van der Waals surface area contributed by atoms with Gasteiger partial charge in [-0.05, 0) is 61.0 Å². The summed E-state index contributed by atoms with van der Waals surface area (Å²) in [6.07, 6.45) is -0.247. The fourth-order valence-corrected chi connectivity index (χ4v) is 4.58. The maximum Gasteiger partial charge on any atom is 0.325 e. The van der Waals surface area contributed by atoms with E-state index < -0.39 is 33.1 Å². The first-order valence-electron chi connectivity index (χ1n) is 11.3. The zero-order valence-electron chi connectivity index (χ0n) is 20.1. The van der Waals surface area contributed by atoms with Crippen molar-refractivity contribution >= 4 is 38.9 Å². The van der Waals surface area contributed by atoms with E-state index in [0.29, 0.717) is 22.6 Å². The fourth-order valence-electron chi connectivity index (χ4n) is 3.52. The number of rotatable bonds is 8. The molecule has 4 rings (SSSR count). The Morgan fingerprint density at radius 2 is 1.53 bits per heavy atom. The third-order valence-electron chi connectivity index (χ3n) is 5.39. The topological polar surface area (TPSA) is 170 Å². The van der Waals surface area contributed by atoms with Gasteiger partial charge in [0.25, 0.3) is 21.5 Å². The lowest BCUT2D eigenvalue weighted by molar-refractivity contribution is -0.115. The van der Waals surface area contributed by atoms with Crippen molar-refractivity contribution in [3.63, 3.8) is 0 Å². The highest BCUT2D eigenvalue weighted by atomic mass is 32.2. The van der Waals surface area contributed by atoms with Crippen LogP contribution < -0.4 is 26.6 Å². The zero-order valence-corrected chi connectivity index (χ0v) is 20.9. The summed E-state index contributed by atoms with van der Waals surface area (Å²) in [5.41, 5.74) is 0.928. The fraction of sp³-hybridized carbons (Fsp3) is 0.0769. The van der Waals surface area contributed by atoms with Crippen molar-refractivity contribution < 1.29 is 18.0 Å². The molecule has 0 unspecified atom stereocenters. The van der Waals surface area contributed by atoms with Crippen LogP contribution >= 0.6 is 0 Å². The molecule has 3 aromatic carbocycles. The summed E-state index contributed by atoms with van der Waals surface area (Å²) in [5.74, 6) is -0.967. The second-order valence-electron chi connectivity index (χ2n) is 8.32. The molecule has 0 radical (unpaired) electrons. The number of aryl methyl sites for hydroxylation is 1. The number of para-hydroxylation sites is 1. The first-order valence-corrected chi connectivity index (χ1v) is 12.8. The van der Waals surface area contributed by atoms with Crippen molar-refractivity contribution in [3.8, 4) is 0 Å². The van der Waals surface area contributed by atoms with Crippen LogP contribution in [0.4, 0.5) is 17.1 Å². The summed E-state index contributed by atoms with van der Waals surface area (Å²) >= 11 is 0. The molecule has 0 aliphatic heterocycles. The van der Waals surface area contributed by atoms with E-state index in [1.807, 2.05) is 4.98 Å². The molecule has 1 heterocycles. The maximum absolute atomic E-state index is 12.8. The molecule has 5 N–H and O–H groups in total. The number of aromatic amines is 2. The Balaban J connectivity index is 1.43. The molecule has 194 valence electrons. The summed E-state index contributed by atoms with van der Waals surface area (Å²) in [6.45, 7) is 1.75. The maximum atomic E-state index is 12.8. The van der Waals surface area contributed by atoms with Gasteiger partial charge in [0.1, 0.15) is 0 Å². The minimum absolute atomic E-state index is 0.0291. The monoisotopic (exact) mass is 533 g/mol. The number of sulfonamides is 1. The molecule has 0 aliphatic carbocycles. The molecule has 38 heavy (non-hydrogen) atoms. The summed E-state index contributed by atoms with van der Waals surface area (Å²) in [5, 5.41) is 5.37. The van der Waals surface area contributed by atoms with Crippen LogP contribution in [0.2, 0.25) is 0 Å². The minimum atomic E-state index is -3.80. The highest BCUT2D eigenvalue weighted by Gasteiger charge is 2.15. The largest absolute Gasteiger partial charge is 0.325 e. The molecular formula is C26H23N5O6S. The van der Waals surface area contributed by atoms with Gasteiger partial charge in [-0.3, -0.25) is 24.1 Å². The molecule has 0 aliphatic rings. The van der Waals surface area contributed by atoms with E-state index in [2.05, 4.69) is 20.3 Å². The van der Waals surface area contributed by atoms with Gasteiger partial charge in [-0.1, -0.05) is 24.3 Å². The number of H-pyrrole nitrogens is 2. The lowest BCUT2D eigenvalue weighted by Gasteiger charge is -2.12. The van der Waals surface area contributed by atoms with Crippen molar-refractivity contribution in [1.82, 2.24) is 9.97 Å². The van der Waals surface area contributed by atoms with Gasteiger partial charge in [0.15, 0.2) is 0 Å². The Kier molecular flexibility index (Phi) is 7.53. The average molecular weight is 534 g/mol. The second kappa shape index (κ2) is 11.0. The molecule has 0 saturated carbocycles. The first-order chi connectivity index (χ1) is 18.1. The molecule has 0 spiro atoms. The third kappa shape index (κ3) is 6.62. The van der Waals surface area contributed by atoms with Crippen molar-refractivity contribution in [1.29, 1.82) is 0 Å². The van der Waals surface area contributed by atoms with Gasteiger partial charge in [0.05, 0.1) is 11.3 Å². The first kappa shape index (κ1) is 26.1. The van der Waals surface area contributed by atoms with Gasteiger partial charge in [-0.15, -0.1) is 0 Å². The van der Waals surface area contributed by atoms with Gasteiger partial charge in [0.2, 0.25) is 5.91 Å². The summed E-state index contributed by atoms with van der Waals surface area (Å²) in [7, 11) is -3.80. The van der Waals surface area contributed by atoms with Crippen molar-refractivity contribution in [2.24, 2.45) is 0 Å². The number of hydrogen-bond acceptors (Lipinski definition) is 6. The van der Waals surface area contributed by atoms with E-state index in [4.69, 9.17) is 0 Å². The molecule has 0 atom stereocenters. The van der Waals surface area contributed by atoms with Crippen molar-refractivity contribution in [2.45, 2.75) is 18.2 Å². The predicted molar refractivity (Wildman–Crippen MR) is 143 cm³/mol. The Labute approximate surface area is 217 Å². The molecular weight excluding hydrogens is 510 g/mol. The van der Waals surface area contributed by atoms with Crippen LogP contribution in [-0.2, 0) is 21.2 Å². The van der Waals surface area contributed by atoms with E-state index in [9.17, 15) is 27.6 Å². The SMILES string of the molecule is Cc1ccc(C(=O)Nc2ccc(S(=O)(=O)Nc3ccccc3)cc2)cc1NC(=O)Cc1cc(=O)[nH]c(=O)[nH]1. The quantitative estimate of drug-likeness (QED) is 0.233. The highest BCUT2D eigenvalue weighted by Crippen LogP contribution is 2.21. The van der Waals surface area contributed by atoms with Crippen molar-refractivity contribution in [2.75, 3.05) is 15.4 Å². The summed E-state index contributed by atoms with van der Waals surface area (Å²) < 4.78 is 27.7. The second-order valence-corrected chi connectivity index (χ2v) is 10.0. The van der Waals surface area contributed by atoms with Gasteiger partial charge >= 0.3 is 5.69 Å². The summed E-state index contributed by atoms with van der Waals surface area (Å²) in [4.78, 5) is 52.5. The number of amides is 2. The molecule has 4 aromatic rings. The van der Waals surface area contributed by atoms with E-state index in [1.165, 1.54) is 30.3 Å². The smallest absolute Gasteiger partial charge is 0.325 e. The number of anilines is 3. The normalized spacial score (nSPS) is 11.0. The molecule has 11 nitrogen and oxygen atoms in total. The van der Waals surface area contributed by atoms with Crippen LogP contribution in [0.5, 0.6) is 0 Å². The molecule has 1 aromatic heterocycles. The zero-order chi connectivity index (χ0) is 27.3. The lowest BCUT2D eigenvalue weighted by atomic mass is 10.1. The van der Waals surface area contributed by atoms with Gasteiger partial charge < -0.3 is 15.6 Å². The van der Waals surface area contributed by atoms with Gasteiger partial charge in [-0.2, -0.15) is 0 Å². The number of hydrogen-bond donors (Lipinski definition) is 5. The number of aromatic nitrogens is 2. The Bertz CT molecular complexity index is 1680. The standard InChI is InChI=1S/C26H23N5O6S/c1-16-7-8-17(13-22(16)29-23(32)14-20-15-24(33)30-26(35)28-20)25(34)27-18-9-11-21(12-10-18)38(36,37)31-19-5-3-2-4-6-19/h2-13,15,31H,14H2,1H3,(H,27,34)(H,29,32)(H2,28,30,33,35). The third-order valence-corrected chi connectivity index (χ3v) is 6.79. The molecule has 2 amide bonds. The number of carbonyl (C=O) groups excluding carboxylic acids is 2.